The van der Waals surface area contributed by atoms with Crippen LogP contribution in [0, 0.1) is 5.82 Å². The zero-order chi connectivity index (χ0) is 27.5. The molecule has 0 saturated carbocycles. The molecule has 3 aromatic rings. The van der Waals surface area contributed by atoms with Gasteiger partial charge in [-0.15, -0.1) is 0 Å². The number of phenols is 1. The number of hydrazine groups is 1. The highest BCUT2D eigenvalue weighted by atomic mass is 19.1. The summed E-state index contributed by atoms with van der Waals surface area (Å²) in [6.45, 7) is 7.26. The third-order valence-electron chi connectivity index (χ3n) is 7.82. The summed E-state index contributed by atoms with van der Waals surface area (Å²) < 4.78 is 22.0. The van der Waals surface area contributed by atoms with E-state index in [0.717, 1.165) is 34.9 Å². The number of nitrogens with zero attached hydrogens (tertiary/aromatic N) is 4. The number of amides is 1. The molecule has 2 fully saturated rings. The van der Waals surface area contributed by atoms with Gasteiger partial charge in [-0.1, -0.05) is 24.3 Å². The number of phenolic OH excluding ortho intramolecular Hbond substituents is 1. The molecule has 2 saturated heterocycles. The topological polar surface area (TPSA) is 81.2 Å². The second kappa shape index (κ2) is 9.41. The number of rotatable bonds is 3. The van der Waals surface area contributed by atoms with Crippen molar-refractivity contribution in [2.45, 2.75) is 57.8 Å². The van der Waals surface area contributed by atoms with Crippen molar-refractivity contribution in [2.75, 3.05) is 20.1 Å². The summed E-state index contributed by atoms with van der Waals surface area (Å²) >= 11 is 0. The van der Waals surface area contributed by atoms with Gasteiger partial charge in [-0.2, -0.15) is 0 Å². The van der Waals surface area contributed by atoms with E-state index in [-0.39, 0.29) is 29.6 Å². The van der Waals surface area contributed by atoms with E-state index < -0.39 is 11.4 Å². The molecule has 3 aliphatic rings. The molecule has 2 aromatic carbocycles. The van der Waals surface area contributed by atoms with Crippen molar-refractivity contribution >= 4 is 22.6 Å². The van der Waals surface area contributed by atoms with E-state index >= 15 is 4.39 Å². The van der Waals surface area contributed by atoms with Crippen LogP contribution in [-0.2, 0) is 11.3 Å². The van der Waals surface area contributed by atoms with Crippen molar-refractivity contribution in [1.82, 2.24) is 25.2 Å². The van der Waals surface area contributed by atoms with Crippen molar-refractivity contribution < 1.29 is 19.0 Å². The molecule has 9 heteroatoms. The second-order valence-electron chi connectivity index (χ2n) is 11.6. The third kappa shape index (κ3) is 4.54. The van der Waals surface area contributed by atoms with E-state index in [2.05, 4.69) is 15.3 Å². The molecule has 0 aliphatic carbocycles. The molecule has 2 N–H and O–H groups in total. The lowest BCUT2D eigenvalue weighted by atomic mass is 9.96. The van der Waals surface area contributed by atoms with Gasteiger partial charge in [-0.05, 0) is 56.5 Å². The molecule has 1 aromatic heterocycles. The first-order valence-corrected chi connectivity index (χ1v) is 13.4. The number of halogens is 1. The monoisotopic (exact) mass is 531 g/mol. The summed E-state index contributed by atoms with van der Waals surface area (Å²) in [4.78, 5) is 21.7. The third-order valence-corrected chi connectivity index (χ3v) is 7.82. The number of carbonyl (C=O) groups is 1. The van der Waals surface area contributed by atoms with E-state index in [1.807, 2.05) is 68.2 Å². The number of hydrogen-bond donors (Lipinski definition) is 2. The molecule has 204 valence electrons. The standard InChI is InChI=1S/C30H34FN5O3/c1-30(2,3)39-29(38)36-19-9-10-20(36)15-34(14-19)26-17-35(32-4)16-25-24(26)13-33-28(27(25)31)23-12-21(37)11-18-7-5-6-8-22(18)23/h5-8,11-13,17,19-20,32,37H,9-10,14-16H2,1-4H3. The minimum absolute atomic E-state index is 0.0312. The second-order valence-corrected chi connectivity index (χ2v) is 11.6. The quantitative estimate of drug-likeness (QED) is 0.488. The van der Waals surface area contributed by atoms with Crippen LogP contribution in [0.25, 0.3) is 27.7 Å². The molecule has 8 nitrogen and oxygen atoms in total. The number of aromatic hydroxyl groups is 1. The van der Waals surface area contributed by atoms with E-state index in [4.69, 9.17) is 4.74 Å². The Morgan fingerprint density at radius 3 is 2.54 bits per heavy atom. The van der Waals surface area contributed by atoms with Crippen molar-refractivity contribution in [3.05, 3.63) is 65.7 Å². The summed E-state index contributed by atoms with van der Waals surface area (Å²) in [6.07, 6.45) is 5.29. The lowest BCUT2D eigenvalue weighted by Gasteiger charge is -2.44. The maximum atomic E-state index is 16.3. The number of piperazine rings is 1. The lowest BCUT2D eigenvalue weighted by Crippen LogP contribution is -2.56. The molecule has 6 rings (SSSR count). The number of ether oxygens (including phenoxy) is 1. The smallest absolute Gasteiger partial charge is 0.410 e. The van der Waals surface area contributed by atoms with E-state index in [1.54, 1.807) is 18.3 Å². The first-order chi connectivity index (χ1) is 18.6. The number of fused-ring (bicyclic) bond motifs is 4. The molecule has 2 atom stereocenters. The van der Waals surface area contributed by atoms with Gasteiger partial charge in [0.05, 0.1) is 24.3 Å². The molecule has 1 amide bonds. The molecule has 3 aliphatic heterocycles. The predicted octanol–water partition coefficient (Wildman–Crippen LogP) is 5.08. The SMILES string of the molecule is CNN1C=C(N2CC3CCC(C2)N3C(=O)OC(C)(C)C)c2cnc(-c3cc(O)cc4ccccc34)c(F)c2C1. The lowest BCUT2D eigenvalue weighted by molar-refractivity contribution is 0.00176. The zero-order valence-corrected chi connectivity index (χ0v) is 22.7. The zero-order valence-electron chi connectivity index (χ0n) is 22.7. The number of aromatic nitrogens is 1. The van der Waals surface area contributed by atoms with Crippen LogP contribution in [-0.4, -0.2) is 68.8 Å². The van der Waals surface area contributed by atoms with Gasteiger partial charge in [0, 0.05) is 49.2 Å². The maximum absolute atomic E-state index is 16.3. The Morgan fingerprint density at radius 1 is 1.13 bits per heavy atom. The van der Waals surface area contributed by atoms with Crippen LogP contribution in [0.3, 0.4) is 0 Å². The average molecular weight is 532 g/mol. The minimum Gasteiger partial charge on any atom is -0.508 e. The summed E-state index contributed by atoms with van der Waals surface area (Å²) in [7, 11) is 1.81. The fraction of sp³-hybridized carbons (Fsp3) is 0.400. The number of benzene rings is 2. The number of carbonyl (C=O) groups excluding carboxylic acids is 1. The Kier molecular flexibility index (Phi) is 6.14. The molecule has 4 heterocycles. The molecular formula is C30H34FN5O3. The Hall–Kier alpha value is -3.85. The molecule has 0 spiro atoms. The van der Waals surface area contributed by atoms with Crippen molar-refractivity contribution in [2.24, 2.45) is 0 Å². The highest BCUT2D eigenvalue weighted by Gasteiger charge is 2.45. The minimum atomic E-state index is -0.548. The molecule has 2 unspecified atom stereocenters. The Balaban J connectivity index is 1.36. The van der Waals surface area contributed by atoms with Crippen LogP contribution >= 0.6 is 0 Å². The Morgan fingerprint density at radius 2 is 1.85 bits per heavy atom. The Bertz CT molecular complexity index is 1470. The first-order valence-electron chi connectivity index (χ1n) is 13.4. The van der Waals surface area contributed by atoms with Gasteiger partial charge in [0.2, 0.25) is 0 Å². The van der Waals surface area contributed by atoms with Gasteiger partial charge in [-0.3, -0.25) is 9.88 Å². The van der Waals surface area contributed by atoms with Gasteiger partial charge < -0.3 is 19.8 Å². The average Bonchev–Trinajstić information content (AvgIpc) is 3.16. The molecular weight excluding hydrogens is 497 g/mol. The van der Waals surface area contributed by atoms with Gasteiger partial charge in [0.1, 0.15) is 17.0 Å². The number of pyridine rings is 1. The first kappa shape index (κ1) is 25.4. The van der Waals surface area contributed by atoms with Gasteiger partial charge in [-0.25, -0.2) is 14.6 Å². The van der Waals surface area contributed by atoms with Gasteiger partial charge >= 0.3 is 6.09 Å². The van der Waals surface area contributed by atoms with Crippen LogP contribution in [0.2, 0.25) is 0 Å². The van der Waals surface area contributed by atoms with E-state index in [0.29, 0.717) is 30.8 Å². The molecule has 2 bridgehead atoms. The summed E-state index contributed by atoms with van der Waals surface area (Å²) in [6, 6.07) is 10.9. The van der Waals surface area contributed by atoms with Gasteiger partial charge in [0.25, 0.3) is 0 Å². The van der Waals surface area contributed by atoms with Crippen LogP contribution in [0.15, 0.2) is 48.8 Å². The van der Waals surface area contributed by atoms with Crippen LogP contribution in [0.1, 0.15) is 44.7 Å². The van der Waals surface area contributed by atoms with Crippen molar-refractivity contribution in [1.29, 1.82) is 0 Å². The summed E-state index contributed by atoms with van der Waals surface area (Å²) in [5.41, 5.74) is 5.54. The summed E-state index contributed by atoms with van der Waals surface area (Å²) in [5.74, 6) is -0.331. The number of nitrogens with one attached hydrogen (secondary N) is 1. The molecule has 39 heavy (non-hydrogen) atoms. The maximum Gasteiger partial charge on any atom is 0.410 e. The van der Waals surface area contributed by atoms with Crippen molar-refractivity contribution in [3.8, 4) is 17.0 Å². The Labute approximate surface area is 227 Å². The molecule has 0 radical (unpaired) electrons. The highest BCUT2D eigenvalue weighted by Crippen LogP contribution is 2.40. The fourth-order valence-corrected chi connectivity index (χ4v) is 6.12. The van der Waals surface area contributed by atoms with Crippen LogP contribution in [0.5, 0.6) is 5.75 Å². The van der Waals surface area contributed by atoms with Crippen molar-refractivity contribution in [3.63, 3.8) is 0 Å². The largest absolute Gasteiger partial charge is 0.508 e. The normalized spacial score (nSPS) is 20.7. The number of likely N-dealkylation sites (tertiary alicyclic amines) is 1. The predicted molar refractivity (Wildman–Crippen MR) is 148 cm³/mol. The summed E-state index contributed by atoms with van der Waals surface area (Å²) in [5, 5.41) is 13.9. The van der Waals surface area contributed by atoms with Crippen LogP contribution in [0.4, 0.5) is 9.18 Å². The highest BCUT2D eigenvalue weighted by molar-refractivity contribution is 5.97. The van der Waals surface area contributed by atoms with Crippen LogP contribution < -0.4 is 5.43 Å². The van der Waals surface area contributed by atoms with Gasteiger partial charge in [0.15, 0.2) is 5.82 Å². The fourth-order valence-electron chi connectivity index (χ4n) is 6.12. The number of hydrogen-bond acceptors (Lipinski definition) is 7. The van der Waals surface area contributed by atoms with E-state index in [1.165, 1.54) is 0 Å². The van der Waals surface area contributed by atoms with E-state index in [9.17, 15) is 9.90 Å².